The third-order valence-corrected chi connectivity index (χ3v) is 6.44. The number of fused-ring (bicyclic) bond motifs is 1. The molecule has 3 aliphatic rings. The van der Waals surface area contributed by atoms with E-state index in [0.29, 0.717) is 19.0 Å². The number of hydrogen-bond acceptors (Lipinski definition) is 5. The molecule has 4 heterocycles. The normalized spacial score (nSPS) is 31.9. The molecule has 1 spiro atoms. The predicted molar refractivity (Wildman–Crippen MR) is 98.3 cm³/mol. The Morgan fingerprint density at radius 1 is 1.54 bits per heavy atom. The molecule has 2 bridgehead atoms. The molecule has 7 heteroatoms. The van der Waals surface area contributed by atoms with Gasteiger partial charge in [-0.15, -0.1) is 11.3 Å². The van der Waals surface area contributed by atoms with E-state index in [9.17, 15) is 9.59 Å². The number of aromatic nitrogens is 1. The van der Waals surface area contributed by atoms with Gasteiger partial charge in [-0.3, -0.25) is 9.59 Å². The Morgan fingerprint density at radius 2 is 2.35 bits per heavy atom. The number of nitrogens with zero attached hydrogens (tertiary/aromatic N) is 3. The molecule has 0 aromatic carbocycles. The molecule has 4 atom stereocenters. The second-order valence-electron chi connectivity index (χ2n) is 7.96. The summed E-state index contributed by atoms with van der Waals surface area (Å²) in [6, 6.07) is 0. The molecule has 6 nitrogen and oxygen atoms in total. The molecule has 0 aliphatic carbocycles. The fourth-order valence-electron chi connectivity index (χ4n) is 4.33. The van der Waals surface area contributed by atoms with Gasteiger partial charge in [0.25, 0.3) is 0 Å². The van der Waals surface area contributed by atoms with Gasteiger partial charge in [-0.2, -0.15) is 0 Å². The Labute approximate surface area is 157 Å². The monoisotopic (exact) mass is 375 g/mol. The largest absolute Gasteiger partial charge is 0.360 e. The molecule has 26 heavy (non-hydrogen) atoms. The maximum Gasteiger partial charge on any atom is 0.230 e. The number of carbonyl (C=O) groups is 2. The number of likely N-dealkylation sites (tertiary alicyclic amines) is 1. The number of rotatable bonds is 6. The number of amides is 2. The van der Waals surface area contributed by atoms with Crippen LogP contribution in [0.15, 0.2) is 23.7 Å². The Hall–Kier alpha value is -1.73. The van der Waals surface area contributed by atoms with Gasteiger partial charge in [0.1, 0.15) is 10.6 Å². The Morgan fingerprint density at radius 3 is 3.04 bits per heavy atom. The summed E-state index contributed by atoms with van der Waals surface area (Å²) in [5.41, 5.74) is -0.610. The fourth-order valence-corrected chi connectivity index (χ4v) is 5.00. The average molecular weight is 375 g/mol. The van der Waals surface area contributed by atoms with Crippen molar-refractivity contribution in [1.29, 1.82) is 0 Å². The van der Waals surface area contributed by atoms with E-state index in [1.165, 1.54) is 11.3 Å². The molecule has 2 saturated heterocycles. The van der Waals surface area contributed by atoms with Crippen LogP contribution in [0.5, 0.6) is 0 Å². The molecule has 3 aliphatic heterocycles. The first-order valence-corrected chi connectivity index (χ1v) is 10.1. The topological polar surface area (TPSA) is 62.7 Å². The molecular weight excluding hydrogens is 350 g/mol. The average Bonchev–Trinajstić information content (AvgIpc) is 3.35. The van der Waals surface area contributed by atoms with E-state index in [1.807, 2.05) is 22.4 Å². The Kier molecular flexibility index (Phi) is 4.39. The summed E-state index contributed by atoms with van der Waals surface area (Å²) in [4.78, 5) is 34.0. The highest BCUT2D eigenvalue weighted by molar-refractivity contribution is 7.09. The van der Waals surface area contributed by atoms with Crippen LogP contribution in [-0.4, -0.2) is 58.4 Å². The van der Waals surface area contributed by atoms with Crippen LogP contribution in [0, 0.1) is 17.8 Å². The van der Waals surface area contributed by atoms with E-state index in [1.54, 1.807) is 18.1 Å². The quantitative estimate of drug-likeness (QED) is 0.713. The van der Waals surface area contributed by atoms with Crippen molar-refractivity contribution < 1.29 is 14.3 Å². The van der Waals surface area contributed by atoms with Gasteiger partial charge >= 0.3 is 0 Å². The summed E-state index contributed by atoms with van der Waals surface area (Å²) >= 11 is 1.53. The first kappa shape index (κ1) is 17.7. The molecule has 2 amide bonds. The molecule has 1 aromatic heterocycles. The summed E-state index contributed by atoms with van der Waals surface area (Å²) in [6.45, 7) is 6.07. The van der Waals surface area contributed by atoms with Gasteiger partial charge in [0.15, 0.2) is 0 Å². The molecule has 0 N–H and O–H groups in total. The lowest BCUT2D eigenvalue weighted by atomic mass is 9.76. The zero-order valence-corrected chi connectivity index (χ0v) is 16.2. The van der Waals surface area contributed by atoms with Gasteiger partial charge < -0.3 is 14.5 Å². The summed E-state index contributed by atoms with van der Waals surface area (Å²) in [5, 5.41) is 2.80. The van der Waals surface area contributed by atoms with E-state index in [2.05, 4.69) is 18.8 Å². The van der Waals surface area contributed by atoms with Crippen LogP contribution >= 0.6 is 11.3 Å². The van der Waals surface area contributed by atoms with Gasteiger partial charge in [0.2, 0.25) is 11.8 Å². The minimum atomic E-state index is -0.610. The maximum absolute atomic E-state index is 13.1. The number of hydrogen-bond donors (Lipinski definition) is 0. The lowest BCUT2D eigenvalue weighted by Gasteiger charge is -2.27. The van der Waals surface area contributed by atoms with Crippen molar-refractivity contribution in [2.24, 2.45) is 17.8 Å². The molecule has 2 fully saturated rings. The highest BCUT2D eigenvalue weighted by atomic mass is 32.1. The molecule has 4 rings (SSSR count). The van der Waals surface area contributed by atoms with Crippen LogP contribution < -0.4 is 0 Å². The van der Waals surface area contributed by atoms with Crippen LogP contribution in [0.4, 0.5) is 0 Å². The van der Waals surface area contributed by atoms with Crippen LogP contribution in [0.2, 0.25) is 0 Å². The second kappa shape index (κ2) is 6.46. The smallest absolute Gasteiger partial charge is 0.230 e. The molecule has 1 aromatic rings. The third kappa shape index (κ3) is 2.77. The van der Waals surface area contributed by atoms with Crippen LogP contribution in [0.3, 0.4) is 0 Å². The van der Waals surface area contributed by atoms with E-state index in [-0.39, 0.29) is 17.9 Å². The zero-order valence-electron chi connectivity index (χ0n) is 15.4. The standard InChI is InChI=1S/C19H25N3O3S/c1-12(2)5-8-22-11-19-6-4-13(25-19)15(16(19)18(22)24)17(23)21(3)10-14-20-7-9-26-14/h4,6-7,9,12-13,15-16H,5,8,10-11H2,1-3H3/t13-,15?,16?,19-/m1/s1. The highest BCUT2D eigenvalue weighted by Gasteiger charge is 2.66. The van der Waals surface area contributed by atoms with Crippen molar-refractivity contribution in [3.63, 3.8) is 0 Å². The van der Waals surface area contributed by atoms with Gasteiger partial charge in [0, 0.05) is 25.2 Å². The SMILES string of the molecule is CC(C)CCN1C[C@@]23C=C[C@@H](O2)C(C(=O)N(C)Cc2nccs2)C3C1=O. The van der Waals surface area contributed by atoms with Crippen molar-refractivity contribution >= 4 is 23.2 Å². The summed E-state index contributed by atoms with van der Waals surface area (Å²) in [6.07, 6.45) is 6.39. The lowest BCUT2D eigenvalue weighted by Crippen LogP contribution is -2.44. The van der Waals surface area contributed by atoms with E-state index in [0.717, 1.165) is 18.0 Å². The third-order valence-electron chi connectivity index (χ3n) is 5.67. The Balaban J connectivity index is 1.52. The number of carbonyl (C=O) groups excluding carboxylic acids is 2. The molecule has 0 radical (unpaired) electrons. The van der Waals surface area contributed by atoms with Gasteiger partial charge in [0.05, 0.1) is 31.0 Å². The summed E-state index contributed by atoms with van der Waals surface area (Å²) in [5.74, 6) is -0.244. The number of ether oxygens (including phenoxy) is 1. The first-order chi connectivity index (χ1) is 12.4. The van der Waals surface area contributed by atoms with Crippen molar-refractivity contribution in [3.05, 3.63) is 28.7 Å². The fraction of sp³-hybridized carbons (Fsp3) is 0.632. The zero-order chi connectivity index (χ0) is 18.5. The minimum Gasteiger partial charge on any atom is -0.360 e. The lowest BCUT2D eigenvalue weighted by molar-refractivity contribution is -0.142. The van der Waals surface area contributed by atoms with Crippen molar-refractivity contribution in [3.8, 4) is 0 Å². The second-order valence-corrected chi connectivity index (χ2v) is 8.94. The van der Waals surface area contributed by atoms with Gasteiger partial charge in [-0.1, -0.05) is 26.0 Å². The molecule has 2 unspecified atom stereocenters. The Bertz CT molecular complexity index is 732. The van der Waals surface area contributed by atoms with Crippen LogP contribution in [0.1, 0.15) is 25.3 Å². The number of thiazole rings is 1. The maximum atomic E-state index is 13.1. The van der Waals surface area contributed by atoms with Crippen molar-refractivity contribution in [2.45, 2.75) is 38.5 Å². The first-order valence-electron chi connectivity index (χ1n) is 9.20. The van der Waals surface area contributed by atoms with E-state index < -0.39 is 17.4 Å². The van der Waals surface area contributed by atoms with E-state index >= 15 is 0 Å². The molecule has 140 valence electrons. The van der Waals surface area contributed by atoms with Crippen LogP contribution in [0.25, 0.3) is 0 Å². The summed E-state index contributed by atoms with van der Waals surface area (Å²) in [7, 11) is 1.78. The van der Waals surface area contributed by atoms with Gasteiger partial charge in [-0.05, 0) is 12.3 Å². The van der Waals surface area contributed by atoms with Gasteiger partial charge in [-0.25, -0.2) is 4.98 Å². The minimum absolute atomic E-state index is 0.0273. The van der Waals surface area contributed by atoms with Crippen molar-refractivity contribution in [2.75, 3.05) is 20.1 Å². The van der Waals surface area contributed by atoms with Crippen LogP contribution in [-0.2, 0) is 20.9 Å². The molecular formula is C19H25N3O3S. The summed E-state index contributed by atoms with van der Waals surface area (Å²) < 4.78 is 6.18. The highest BCUT2D eigenvalue weighted by Crippen LogP contribution is 2.52. The predicted octanol–water partition coefficient (Wildman–Crippen LogP) is 1.93. The molecule has 0 saturated carbocycles. The van der Waals surface area contributed by atoms with Crippen molar-refractivity contribution in [1.82, 2.24) is 14.8 Å². The van der Waals surface area contributed by atoms with E-state index in [4.69, 9.17) is 4.74 Å².